The van der Waals surface area contributed by atoms with Crippen LogP contribution < -0.4 is 9.47 Å². The van der Waals surface area contributed by atoms with E-state index in [1.165, 1.54) is 0 Å². The number of hydrogen-bond acceptors (Lipinski definition) is 5. The van der Waals surface area contributed by atoms with Crippen LogP contribution in [0.4, 0.5) is 0 Å². The molecule has 6 nitrogen and oxygen atoms in total. The summed E-state index contributed by atoms with van der Waals surface area (Å²) < 4.78 is 10.6. The highest BCUT2D eigenvalue weighted by molar-refractivity contribution is 6.06. The number of allylic oxidation sites excluding steroid dienone is 2. The summed E-state index contributed by atoms with van der Waals surface area (Å²) in [7, 11) is 0. The van der Waals surface area contributed by atoms with Crippen LogP contribution in [-0.2, 0) is 9.59 Å². The lowest BCUT2D eigenvalue weighted by Gasteiger charge is -2.37. The second kappa shape index (κ2) is 4.50. The summed E-state index contributed by atoms with van der Waals surface area (Å²) in [5.74, 6) is 2.30. The molecule has 6 heteroatoms. The molecular formula is C19H16N2O4. The number of nitrogens with zero attached hydrogens (tertiary/aromatic N) is 2. The van der Waals surface area contributed by atoms with Gasteiger partial charge in [0.15, 0.2) is 11.5 Å². The maximum atomic E-state index is 12.8. The summed E-state index contributed by atoms with van der Waals surface area (Å²) >= 11 is 0. The molecule has 2 amide bonds. The summed E-state index contributed by atoms with van der Waals surface area (Å²) in [6, 6.07) is 5.43. The van der Waals surface area contributed by atoms with Gasteiger partial charge in [0.2, 0.25) is 6.79 Å². The molecule has 1 aromatic rings. The zero-order valence-electron chi connectivity index (χ0n) is 13.4. The molecule has 2 aliphatic heterocycles. The topological polar surface area (TPSA) is 68.2 Å². The highest BCUT2D eigenvalue weighted by atomic mass is 16.7. The van der Waals surface area contributed by atoms with Gasteiger partial charge in [-0.15, -0.1) is 0 Å². The predicted octanol–water partition coefficient (Wildman–Crippen LogP) is 1.80. The summed E-state index contributed by atoms with van der Waals surface area (Å²) in [5, 5.41) is 5.32. The first-order valence-electron chi connectivity index (χ1n) is 8.72. The number of hydrogen-bond donors (Lipinski definition) is 0. The van der Waals surface area contributed by atoms with Gasteiger partial charge in [-0.2, -0.15) is 10.1 Å². The standard InChI is InChI=1S/C19H16N2O4/c22-18-16-10-2-3-11(13-6-12(10)13)17(16)19(23)21(18)20-7-9-1-4-14-15(5-9)25-8-24-14/h1-5,7,10-13,16-17H,6,8H2/t10-,11-,12-,13-,16+,17+/m0/s1. The Kier molecular flexibility index (Phi) is 2.46. The first-order chi connectivity index (χ1) is 12.2. The van der Waals surface area contributed by atoms with E-state index in [1.807, 2.05) is 6.07 Å². The predicted molar refractivity (Wildman–Crippen MR) is 86.7 cm³/mol. The summed E-state index contributed by atoms with van der Waals surface area (Å²) in [5.41, 5.74) is 0.767. The quantitative estimate of drug-likeness (QED) is 0.469. The van der Waals surface area contributed by atoms with E-state index >= 15 is 0 Å². The molecule has 126 valence electrons. The van der Waals surface area contributed by atoms with E-state index in [-0.39, 0.29) is 42.3 Å². The fraction of sp³-hybridized carbons (Fsp3) is 0.421. The molecule has 0 N–H and O–H groups in total. The Bertz CT molecular complexity index is 840. The number of hydrazone groups is 1. The van der Waals surface area contributed by atoms with E-state index in [0.717, 1.165) is 17.0 Å². The van der Waals surface area contributed by atoms with Crippen LogP contribution in [0.15, 0.2) is 35.5 Å². The van der Waals surface area contributed by atoms with Crippen LogP contribution in [0.5, 0.6) is 11.5 Å². The van der Waals surface area contributed by atoms with E-state index in [0.29, 0.717) is 23.3 Å². The number of carbonyl (C=O) groups excluding carboxylic acids is 2. The van der Waals surface area contributed by atoms with Crippen molar-refractivity contribution in [2.45, 2.75) is 6.42 Å². The van der Waals surface area contributed by atoms with Gasteiger partial charge in [-0.25, -0.2) is 0 Å². The maximum absolute atomic E-state index is 12.8. The van der Waals surface area contributed by atoms with Crippen LogP contribution in [0.25, 0.3) is 0 Å². The SMILES string of the molecule is O=C1[C@@H]2[C@H]3C=C[C@@H]([C@@H]4C[C@@H]34)[C@H]2C(=O)N1N=Cc1ccc2c(c1)OCO2. The minimum Gasteiger partial charge on any atom is -0.454 e. The molecule has 0 aromatic heterocycles. The zero-order valence-corrected chi connectivity index (χ0v) is 13.4. The molecule has 1 saturated heterocycles. The van der Waals surface area contributed by atoms with Gasteiger partial charge in [0.1, 0.15) is 0 Å². The Morgan fingerprint density at radius 3 is 2.40 bits per heavy atom. The molecule has 2 heterocycles. The zero-order chi connectivity index (χ0) is 16.7. The van der Waals surface area contributed by atoms with Crippen molar-refractivity contribution in [2.24, 2.45) is 40.6 Å². The molecule has 4 aliphatic carbocycles. The Labute approximate surface area is 144 Å². The average Bonchev–Trinajstić information content (AvgIpc) is 3.27. The van der Waals surface area contributed by atoms with Crippen molar-refractivity contribution in [1.82, 2.24) is 5.01 Å². The van der Waals surface area contributed by atoms with Crippen LogP contribution in [0.3, 0.4) is 0 Å². The third-order valence-corrected chi connectivity index (χ3v) is 6.36. The normalized spacial score (nSPS) is 39.3. The van der Waals surface area contributed by atoms with Gasteiger partial charge < -0.3 is 9.47 Å². The summed E-state index contributed by atoms with van der Waals surface area (Å²) in [6.45, 7) is 0.209. The van der Waals surface area contributed by atoms with E-state index in [1.54, 1.807) is 18.3 Å². The largest absolute Gasteiger partial charge is 0.454 e. The number of amides is 2. The lowest BCUT2D eigenvalue weighted by molar-refractivity contribution is -0.140. The van der Waals surface area contributed by atoms with Crippen molar-refractivity contribution < 1.29 is 19.1 Å². The molecule has 6 atom stereocenters. The van der Waals surface area contributed by atoms with Crippen LogP contribution in [-0.4, -0.2) is 29.8 Å². The number of imide groups is 1. The average molecular weight is 336 g/mol. The van der Waals surface area contributed by atoms with Crippen molar-refractivity contribution in [3.05, 3.63) is 35.9 Å². The van der Waals surface area contributed by atoms with Crippen molar-refractivity contribution >= 4 is 18.0 Å². The van der Waals surface area contributed by atoms with Crippen molar-refractivity contribution in [3.8, 4) is 11.5 Å². The van der Waals surface area contributed by atoms with Gasteiger partial charge in [-0.1, -0.05) is 12.2 Å². The fourth-order valence-corrected chi connectivity index (χ4v) is 5.17. The van der Waals surface area contributed by atoms with Crippen LogP contribution >= 0.6 is 0 Å². The van der Waals surface area contributed by atoms with E-state index in [2.05, 4.69) is 17.3 Å². The smallest absolute Gasteiger partial charge is 0.254 e. The number of carbonyl (C=O) groups is 2. The molecule has 2 bridgehead atoms. The Morgan fingerprint density at radius 1 is 1.00 bits per heavy atom. The number of fused-ring (bicyclic) bond motifs is 1. The number of ether oxygens (including phenoxy) is 2. The molecular weight excluding hydrogens is 320 g/mol. The Hall–Kier alpha value is -2.63. The van der Waals surface area contributed by atoms with Crippen LogP contribution in [0, 0.1) is 35.5 Å². The van der Waals surface area contributed by atoms with Gasteiger partial charge in [0.05, 0.1) is 18.1 Å². The van der Waals surface area contributed by atoms with Gasteiger partial charge >= 0.3 is 0 Å². The Morgan fingerprint density at radius 2 is 1.68 bits per heavy atom. The molecule has 1 aromatic carbocycles. The van der Waals surface area contributed by atoms with Gasteiger partial charge in [-0.05, 0) is 53.9 Å². The third kappa shape index (κ3) is 1.72. The van der Waals surface area contributed by atoms with Crippen molar-refractivity contribution in [1.29, 1.82) is 0 Å². The molecule has 2 saturated carbocycles. The second-order valence-corrected chi connectivity index (χ2v) is 7.50. The lowest BCUT2D eigenvalue weighted by atomic mass is 9.63. The van der Waals surface area contributed by atoms with Crippen molar-refractivity contribution in [2.75, 3.05) is 6.79 Å². The first-order valence-corrected chi connectivity index (χ1v) is 8.72. The van der Waals surface area contributed by atoms with Crippen LogP contribution in [0.2, 0.25) is 0 Å². The lowest BCUT2D eigenvalue weighted by Crippen LogP contribution is -2.40. The third-order valence-electron chi connectivity index (χ3n) is 6.36. The molecule has 7 rings (SSSR count). The molecule has 0 unspecified atom stereocenters. The highest BCUT2D eigenvalue weighted by Crippen LogP contribution is 2.65. The molecule has 25 heavy (non-hydrogen) atoms. The van der Waals surface area contributed by atoms with E-state index < -0.39 is 0 Å². The van der Waals surface area contributed by atoms with E-state index in [9.17, 15) is 9.59 Å². The van der Waals surface area contributed by atoms with Crippen molar-refractivity contribution in [3.63, 3.8) is 0 Å². The molecule has 6 aliphatic rings. The second-order valence-electron chi connectivity index (χ2n) is 7.50. The van der Waals surface area contributed by atoms with Gasteiger partial charge in [0, 0.05) is 0 Å². The minimum absolute atomic E-state index is 0.142. The van der Waals surface area contributed by atoms with Crippen LogP contribution in [0.1, 0.15) is 12.0 Å². The Balaban J connectivity index is 1.30. The number of rotatable bonds is 2. The monoisotopic (exact) mass is 336 g/mol. The highest BCUT2D eigenvalue weighted by Gasteiger charge is 2.67. The maximum Gasteiger partial charge on any atom is 0.254 e. The first kappa shape index (κ1) is 13.6. The molecule has 0 radical (unpaired) electrons. The van der Waals surface area contributed by atoms with Gasteiger partial charge in [-0.3, -0.25) is 9.59 Å². The summed E-state index contributed by atoms with van der Waals surface area (Å²) in [6.07, 6.45) is 7.04. The van der Waals surface area contributed by atoms with Gasteiger partial charge in [0.25, 0.3) is 11.8 Å². The summed E-state index contributed by atoms with van der Waals surface area (Å²) in [4.78, 5) is 25.7. The molecule has 3 fully saturated rings. The fourth-order valence-electron chi connectivity index (χ4n) is 5.17. The van der Waals surface area contributed by atoms with E-state index in [4.69, 9.17) is 9.47 Å². The minimum atomic E-state index is -0.208. The molecule has 0 spiro atoms. The number of benzene rings is 1.